The summed E-state index contributed by atoms with van der Waals surface area (Å²) < 4.78 is 1.08. The molecule has 0 aliphatic heterocycles. The van der Waals surface area contributed by atoms with Gasteiger partial charge >= 0.3 is 5.95 Å². The van der Waals surface area contributed by atoms with Crippen molar-refractivity contribution in [2.45, 2.75) is 19.9 Å². The topological polar surface area (TPSA) is 115 Å². The van der Waals surface area contributed by atoms with Crippen LogP contribution in [0.1, 0.15) is 18.9 Å². The van der Waals surface area contributed by atoms with Crippen LogP contribution in [0.25, 0.3) is 0 Å². The second kappa shape index (κ2) is 7.07. The van der Waals surface area contributed by atoms with E-state index in [0.29, 0.717) is 6.42 Å². The molecule has 0 radical (unpaired) electrons. The van der Waals surface area contributed by atoms with Gasteiger partial charge in [0.1, 0.15) is 6.54 Å². The molecule has 1 N–H and O–H groups in total. The minimum absolute atomic E-state index is 0.198. The number of hydrazone groups is 1. The molecule has 9 nitrogen and oxygen atoms in total. The SMILES string of the molecule is CC/C(=N/NC(=O)Cn1cnc([N+](=O)[O-])n1)c1ccccc1. The molecule has 2 rings (SSSR count). The molecular formula is C13H14N6O3. The van der Waals surface area contributed by atoms with Gasteiger partial charge < -0.3 is 10.1 Å². The van der Waals surface area contributed by atoms with E-state index in [0.717, 1.165) is 22.3 Å². The molecule has 22 heavy (non-hydrogen) atoms. The fourth-order valence-corrected chi connectivity index (χ4v) is 1.74. The van der Waals surface area contributed by atoms with Crippen molar-refractivity contribution >= 4 is 17.6 Å². The van der Waals surface area contributed by atoms with E-state index in [1.165, 1.54) is 0 Å². The molecular weight excluding hydrogens is 288 g/mol. The molecule has 0 aliphatic carbocycles. The van der Waals surface area contributed by atoms with Crippen LogP contribution in [0.15, 0.2) is 41.8 Å². The number of nitrogens with zero attached hydrogens (tertiary/aromatic N) is 5. The van der Waals surface area contributed by atoms with Crippen LogP contribution in [0, 0.1) is 10.1 Å². The first-order chi connectivity index (χ1) is 10.6. The van der Waals surface area contributed by atoms with Gasteiger partial charge in [-0.05, 0) is 16.9 Å². The standard InChI is InChI=1S/C13H14N6O3/c1-2-11(10-6-4-3-5-7-10)15-16-12(20)8-18-9-14-13(17-18)19(21)22/h3-7,9H,2,8H2,1H3,(H,16,20)/b15-11-. The molecule has 0 saturated heterocycles. The molecule has 1 amide bonds. The Morgan fingerprint density at radius 2 is 2.14 bits per heavy atom. The zero-order valence-corrected chi connectivity index (χ0v) is 11.8. The number of nitro groups is 1. The maximum absolute atomic E-state index is 11.8. The molecule has 114 valence electrons. The first-order valence-corrected chi connectivity index (χ1v) is 6.54. The zero-order chi connectivity index (χ0) is 15.9. The number of carbonyl (C=O) groups is 1. The van der Waals surface area contributed by atoms with Crippen molar-refractivity contribution in [2.24, 2.45) is 5.10 Å². The molecule has 9 heteroatoms. The van der Waals surface area contributed by atoms with Crippen molar-refractivity contribution in [3.8, 4) is 0 Å². The number of nitrogens with one attached hydrogen (secondary N) is 1. The molecule has 0 spiro atoms. The van der Waals surface area contributed by atoms with Gasteiger partial charge in [-0.3, -0.25) is 4.79 Å². The van der Waals surface area contributed by atoms with Crippen LogP contribution in [-0.4, -0.2) is 31.3 Å². The summed E-state index contributed by atoms with van der Waals surface area (Å²) in [6, 6.07) is 9.46. The van der Waals surface area contributed by atoms with Crippen molar-refractivity contribution in [3.05, 3.63) is 52.3 Å². The van der Waals surface area contributed by atoms with E-state index in [1.807, 2.05) is 37.3 Å². The Labute approximate surface area is 125 Å². The van der Waals surface area contributed by atoms with Crippen LogP contribution in [0.3, 0.4) is 0 Å². The Kier molecular flexibility index (Phi) is 4.91. The minimum Gasteiger partial charge on any atom is -0.390 e. The molecule has 0 aliphatic rings. The van der Waals surface area contributed by atoms with Gasteiger partial charge in [0.05, 0.1) is 5.71 Å². The van der Waals surface area contributed by atoms with Crippen LogP contribution < -0.4 is 5.43 Å². The first-order valence-electron chi connectivity index (χ1n) is 6.54. The number of carbonyl (C=O) groups excluding carboxylic acids is 1. The normalized spacial score (nSPS) is 11.2. The third-order valence-corrected chi connectivity index (χ3v) is 2.75. The van der Waals surface area contributed by atoms with E-state index in [-0.39, 0.29) is 6.54 Å². The molecule has 0 unspecified atom stereocenters. The molecule has 0 saturated carbocycles. The number of aromatic nitrogens is 3. The molecule has 1 aromatic carbocycles. The fourth-order valence-electron chi connectivity index (χ4n) is 1.74. The molecule has 0 bridgehead atoms. The first kappa shape index (κ1) is 15.3. The Morgan fingerprint density at radius 3 is 2.73 bits per heavy atom. The van der Waals surface area contributed by atoms with Crippen molar-refractivity contribution in [1.29, 1.82) is 0 Å². The lowest BCUT2D eigenvalue weighted by molar-refractivity contribution is -0.394. The molecule has 1 aromatic heterocycles. The number of benzene rings is 1. The Morgan fingerprint density at radius 1 is 1.41 bits per heavy atom. The highest BCUT2D eigenvalue weighted by Crippen LogP contribution is 2.03. The number of hydrogen-bond donors (Lipinski definition) is 1. The Balaban J connectivity index is 1.98. The van der Waals surface area contributed by atoms with Crippen LogP contribution in [0.4, 0.5) is 5.95 Å². The highest BCUT2D eigenvalue weighted by atomic mass is 16.6. The van der Waals surface area contributed by atoms with E-state index in [2.05, 4.69) is 20.6 Å². The summed E-state index contributed by atoms with van der Waals surface area (Å²) in [5.74, 6) is -0.989. The molecule has 2 aromatic rings. The number of hydrogen-bond acceptors (Lipinski definition) is 6. The summed E-state index contributed by atoms with van der Waals surface area (Å²) in [7, 11) is 0. The molecule has 1 heterocycles. The molecule has 0 atom stereocenters. The van der Waals surface area contributed by atoms with Gasteiger partial charge in [-0.25, -0.2) is 5.43 Å². The number of amides is 1. The van der Waals surface area contributed by atoms with Gasteiger partial charge in [0.25, 0.3) is 5.91 Å². The van der Waals surface area contributed by atoms with Crippen LogP contribution in [-0.2, 0) is 11.3 Å². The van der Waals surface area contributed by atoms with E-state index in [9.17, 15) is 14.9 Å². The third-order valence-electron chi connectivity index (χ3n) is 2.75. The largest absolute Gasteiger partial charge is 0.490 e. The summed E-state index contributed by atoms with van der Waals surface area (Å²) in [5.41, 5.74) is 4.06. The Bertz CT molecular complexity index is 695. The van der Waals surface area contributed by atoms with Crippen LogP contribution in [0.2, 0.25) is 0 Å². The minimum atomic E-state index is -0.725. The Hall–Kier alpha value is -3.10. The lowest BCUT2D eigenvalue weighted by atomic mass is 10.1. The van der Waals surface area contributed by atoms with Gasteiger partial charge in [-0.2, -0.15) is 9.78 Å². The average molecular weight is 302 g/mol. The van der Waals surface area contributed by atoms with E-state index < -0.39 is 16.8 Å². The van der Waals surface area contributed by atoms with Gasteiger partial charge in [0, 0.05) is 5.10 Å². The highest BCUT2D eigenvalue weighted by molar-refractivity contribution is 6.00. The maximum atomic E-state index is 11.8. The van der Waals surface area contributed by atoms with E-state index in [1.54, 1.807) is 0 Å². The summed E-state index contributed by atoms with van der Waals surface area (Å²) in [6.45, 7) is 1.73. The van der Waals surface area contributed by atoms with Gasteiger partial charge in [0.15, 0.2) is 0 Å². The lowest BCUT2D eigenvalue weighted by Gasteiger charge is -2.04. The monoisotopic (exact) mass is 302 g/mol. The van der Waals surface area contributed by atoms with Crippen molar-refractivity contribution in [2.75, 3.05) is 0 Å². The molecule has 0 fully saturated rings. The van der Waals surface area contributed by atoms with Crippen molar-refractivity contribution in [3.63, 3.8) is 0 Å². The maximum Gasteiger partial charge on any atom is 0.490 e. The van der Waals surface area contributed by atoms with E-state index in [4.69, 9.17) is 0 Å². The second-order valence-electron chi connectivity index (χ2n) is 4.31. The van der Waals surface area contributed by atoms with Crippen LogP contribution in [0.5, 0.6) is 0 Å². The number of rotatable bonds is 6. The third kappa shape index (κ3) is 3.95. The predicted molar refractivity (Wildman–Crippen MR) is 78.1 cm³/mol. The van der Waals surface area contributed by atoms with Crippen molar-refractivity contribution < 1.29 is 9.72 Å². The lowest BCUT2D eigenvalue weighted by Crippen LogP contribution is -2.25. The fraction of sp³-hybridized carbons (Fsp3) is 0.231. The van der Waals surface area contributed by atoms with Gasteiger partial charge in [0.2, 0.25) is 6.33 Å². The second-order valence-corrected chi connectivity index (χ2v) is 4.31. The van der Waals surface area contributed by atoms with Crippen LogP contribution >= 0.6 is 0 Å². The van der Waals surface area contributed by atoms with Gasteiger partial charge in [-0.1, -0.05) is 42.2 Å². The zero-order valence-electron chi connectivity index (χ0n) is 11.8. The quantitative estimate of drug-likeness (QED) is 0.487. The summed E-state index contributed by atoms with van der Waals surface area (Å²) >= 11 is 0. The summed E-state index contributed by atoms with van der Waals surface area (Å²) in [6.07, 6.45) is 1.78. The van der Waals surface area contributed by atoms with E-state index >= 15 is 0 Å². The summed E-state index contributed by atoms with van der Waals surface area (Å²) in [4.78, 5) is 25.0. The predicted octanol–water partition coefficient (Wildman–Crippen LogP) is 1.12. The average Bonchev–Trinajstić information content (AvgIpc) is 2.97. The van der Waals surface area contributed by atoms with Gasteiger partial charge in [-0.15, -0.1) is 0 Å². The summed E-state index contributed by atoms with van der Waals surface area (Å²) in [5, 5.41) is 18.1. The van der Waals surface area contributed by atoms with Crippen molar-refractivity contribution in [1.82, 2.24) is 20.2 Å². The smallest absolute Gasteiger partial charge is 0.390 e. The highest BCUT2D eigenvalue weighted by Gasteiger charge is 2.15.